The second kappa shape index (κ2) is 6.80. The molecule has 0 bridgehead atoms. The molecule has 0 saturated carbocycles. The molecule has 2 heterocycles. The number of ether oxygens (including phenoxy) is 1. The number of fused-ring (bicyclic) bond motifs is 2. The molecule has 0 amide bonds. The van der Waals surface area contributed by atoms with Gasteiger partial charge in [-0.05, 0) is 80.1 Å². The second-order valence-electron chi connectivity index (χ2n) is 8.72. The van der Waals surface area contributed by atoms with Gasteiger partial charge in [-0.3, -0.25) is 4.79 Å². The molecular formula is C27H21FN2O2. The Kier molecular flexibility index (Phi) is 4.25. The van der Waals surface area contributed by atoms with E-state index in [0.29, 0.717) is 22.6 Å². The SMILES string of the molecule is [C-]#[N+]c1ccc2c(c1)C(C)(C)C1(C=Cc3cc(C(=O)c4ccc(F)cc4)ccc3O1)N2C. The molecule has 5 heteroatoms. The van der Waals surface area contributed by atoms with Gasteiger partial charge in [-0.1, -0.05) is 12.1 Å². The first-order valence-corrected chi connectivity index (χ1v) is 10.4. The molecule has 1 spiro atoms. The van der Waals surface area contributed by atoms with Crippen LogP contribution in [-0.2, 0) is 5.41 Å². The lowest BCUT2D eigenvalue weighted by molar-refractivity contribution is 0.0582. The molecule has 1 unspecified atom stereocenters. The lowest BCUT2D eigenvalue weighted by atomic mass is 9.76. The Morgan fingerprint density at radius 1 is 1.03 bits per heavy atom. The van der Waals surface area contributed by atoms with Gasteiger partial charge in [-0.15, -0.1) is 0 Å². The summed E-state index contributed by atoms with van der Waals surface area (Å²) in [6.07, 6.45) is 4.01. The Labute approximate surface area is 186 Å². The Morgan fingerprint density at radius 3 is 2.47 bits per heavy atom. The van der Waals surface area contributed by atoms with Crippen molar-refractivity contribution in [1.29, 1.82) is 0 Å². The van der Waals surface area contributed by atoms with Crippen molar-refractivity contribution in [2.45, 2.75) is 25.0 Å². The topological polar surface area (TPSA) is 33.9 Å². The maximum Gasteiger partial charge on any atom is 0.211 e. The van der Waals surface area contributed by atoms with Crippen LogP contribution in [0, 0.1) is 12.4 Å². The number of halogens is 1. The van der Waals surface area contributed by atoms with E-state index in [1.54, 1.807) is 12.1 Å². The summed E-state index contributed by atoms with van der Waals surface area (Å²) >= 11 is 0. The van der Waals surface area contributed by atoms with Gasteiger partial charge >= 0.3 is 0 Å². The summed E-state index contributed by atoms with van der Waals surface area (Å²) in [6, 6.07) is 16.6. The quantitative estimate of drug-likeness (QED) is 0.366. The first-order chi connectivity index (χ1) is 15.3. The highest BCUT2D eigenvalue weighted by Crippen LogP contribution is 2.54. The van der Waals surface area contributed by atoms with E-state index >= 15 is 0 Å². The summed E-state index contributed by atoms with van der Waals surface area (Å²) in [6.45, 7) is 11.6. The lowest BCUT2D eigenvalue weighted by Gasteiger charge is -2.45. The largest absolute Gasteiger partial charge is 0.463 e. The molecule has 158 valence electrons. The third kappa shape index (κ3) is 2.69. The van der Waals surface area contributed by atoms with Gasteiger partial charge in [0.05, 0.1) is 12.0 Å². The zero-order chi connectivity index (χ0) is 22.7. The predicted octanol–water partition coefficient (Wildman–Crippen LogP) is 6.14. The lowest BCUT2D eigenvalue weighted by Crippen LogP contribution is -2.58. The van der Waals surface area contributed by atoms with Crippen LogP contribution in [0.5, 0.6) is 5.75 Å². The number of anilines is 1. The number of nitrogens with zero attached hydrogens (tertiary/aromatic N) is 2. The van der Waals surface area contributed by atoms with Crippen LogP contribution in [0.25, 0.3) is 10.9 Å². The van der Waals surface area contributed by atoms with Gasteiger partial charge < -0.3 is 9.64 Å². The van der Waals surface area contributed by atoms with Crippen LogP contribution in [0.1, 0.15) is 40.9 Å². The number of rotatable bonds is 2. The van der Waals surface area contributed by atoms with Crippen molar-refractivity contribution >= 4 is 23.2 Å². The van der Waals surface area contributed by atoms with Crippen LogP contribution in [0.15, 0.2) is 66.7 Å². The third-order valence-corrected chi connectivity index (χ3v) is 6.67. The molecule has 2 aliphatic rings. The third-order valence-electron chi connectivity index (χ3n) is 6.67. The Morgan fingerprint density at radius 2 is 1.75 bits per heavy atom. The van der Waals surface area contributed by atoms with E-state index in [1.165, 1.54) is 24.3 Å². The molecule has 0 saturated heterocycles. The Hall–Kier alpha value is -3.91. The van der Waals surface area contributed by atoms with Crippen molar-refractivity contribution in [3.05, 3.63) is 106 Å². The van der Waals surface area contributed by atoms with Crippen molar-refractivity contribution < 1.29 is 13.9 Å². The fourth-order valence-corrected chi connectivity index (χ4v) is 4.78. The molecule has 32 heavy (non-hydrogen) atoms. The smallest absolute Gasteiger partial charge is 0.211 e. The normalized spacial score (nSPS) is 19.8. The fraction of sp³-hybridized carbons (Fsp3) is 0.185. The predicted molar refractivity (Wildman–Crippen MR) is 123 cm³/mol. The molecule has 1 atom stereocenters. The standard InChI is InChI=1S/C27H21FN2O2/c1-26(2)22-16-21(29-3)10-11-23(22)30(4)27(26)14-13-18-15-19(7-12-24(18)32-27)25(31)17-5-8-20(28)9-6-17/h5-16H,1-2,4H3. The number of carbonyl (C=O) groups is 1. The van der Waals surface area contributed by atoms with Crippen LogP contribution >= 0.6 is 0 Å². The first-order valence-electron chi connectivity index (χ1n) is 10.4. The number of carbonyl (C=O) groups excluding carboxylic acids is 1. The van der Waals surface area contributed by atoms with Gasteiger partial charge in [0.25, 0.3) is 0 Å². The van der Waals surface area contributed by atoms with Crippen LogP contribution < -0.4 is 9.64 Å². The van der Waals surface area contributed by atoms with Crippen molar-refractivity contribution in [3.8, 4) is 5.75 Å². The van der Waals surface area contributed by atoms with Gasteiger partial charge in [0.2, 0.25) is 5.72 Å². The summed E-state index contributed by atoms with van der Waals surface area (Å²) in [5, 5.41) is 0. The molecule has 5 rings (SSSR count). The molecule has 4 nitrogen and oxygen atoms in total. The van der Waals surface area contributed by atoms with Crippen molar-refractivity contribution in [2.75, 3.05) is 11.9 Å². The Balaban J connectivity index is 1.52. The molecule has 2 aliphatic heterocycles. The van der Waals surface area contributed by atoms with Gasteiger partial charge in [-0.25, -0.2) is 9.24 Å². The van der Waals surface area contributed by atoms with E-state index in [4.69, 9.17) is 11.3 Å². The highest BCUT2D eigenvalue weighted by atomic mass is 19.1. The number of likely N-dealkylation sites (N-methyl/N-ethyl adjacent to an activating group) is 1. The number of ketones is 1. The summed E-state index contributed by atoms with van der Waals surface area (Å²) in [5.41, 5.74) is 3.27. The molecule has 3 aromatic rings. The van der Waals surface area contributed by atoms with E-state index in [2.05, 4.69) is 23.6 Å². The van der Waals surface area contributed by atoms with Crippen molar-refractivity contribution in [2.24, 2.45) is 0 Å². The van der Waals surface area contributed by atoms with E-state index in [0.717, 1.165) is 16.8 Å². The summed E-state index contributed by atoms with van der Waals surface area (Å²) < 4.78 is 19.8. The summed E-state index contributed by atoms with van der Waals surface area (Å²) in [5.74, 6) is 0.140. The molecule has 0 fully saturated rings. The Bertz CT molecular complexity index is 1330. The monoisotopic (exact) mass is 424 g/mol. The van der Waals surface area contributed by atoms with Crippen LogP contribution in [0.4, 0.5) is 15.8 Å². The van der Waals surface area contributed by atoms with E-state index in [-0.39, 0.29) is 11.6 Å². The average Bonchev–Trinajstić information content (AvgIpc) is 2.96. The molecule has 0 radical (unpaired) electrons. The first kappa shape index (κ1) is 20.0. The van der Waals surface area contributed by atoms with Crippen molar-refractivity contribution in [3.63, 3.8) is 0 Å². The summed E-state index contributed by atoms with van der Waals surface area (Å²) in [7, 11) is 1.99. The maximum absolute atomic E-state index is 13.2. The minimum atomic E-state index is -0.758. The zero-order valence-electron chi connectivity index (χ0n) is 18.0. The van der Waals surface area contributed by atoms with E-state index in [9.17, 15) is 9.18 Å². The molecular weight excluding hydrogens is 403 g/mol. The van der Waals surface area contributed by atoms with E-state index in [1.807, 2.05) is 43.5 Å². The second-order valence-corrected chi connectivity index (χ2v) is 8.72. The average molecular weight is 424 g/mol. The molecule has 0 N–H and O–H groups in total. The maximum atomic E-state index is 13.2. The van der Waals surface area contributed by atoms with Gasteiger partial charge in [0.15, 0.2) is 11.5 Å². The van der Waals surface area contributed by atoms with Crippen LogP contribution in [0.2, 0.25) is 0 Å². The molecule has 3 aromatic carbocycles. The number of hydrogen-bond donors (Lipinski definition) is 0. The molecule has 0 aliphatic carbocycles. The minimum absolute atomic E-state index is 0.168. The van der Waals surface area contributed by atoms with Gasteiger partial charge in [-0.2, -0.15) is 0 Å². The van der Waals surface area contributed by atoms with E-state index < -0.39 is 11.1 Å². The highest BCUT2D eigenvalue weighted by Gasteiger charge is 2.57. The molecule has 0 aromatic heterocycles. The van der Waals surface area contributed by atoms with Crippen molar-refractivity contribution in [1.82, 2.24) is 0 Å². The highest BCUT2D eigenvalue weighted by molar-refractivity contribution is 6.09. The summed E-state index contributed by atoms with van der Waals surface area (Å²) in [4.78, 5) is 18.5. The fourth-order valence-electron chi connectivity index (χ4n) is 4.78. The van der Waals surface area contributed by atoms with Gasteiger partial charge in [0.1, 0.15) is 11.6 Å². The van der Waals surface area contributed by atoms with Gasteiger partial charge in [0, 0.05) is 29.4 Å². The number of benzene rings is 3. The minimum Gasteiger partial charge on any atom is -0.463 e. The number of hydrogen-bond acceptors (Lipinski definition) is 3. The zero-order valence-corrected chi connectivity index (χ0v) is 18.0. The van der Waals surface area contributed by atoms with Crippen LogP contribution in [-0.4, -0.2) is 18.6 Å². The van der Waals surface area contributed by atoms with Crippen LogP contribution in [0.3, 0.4) is 0 Å².